The Labute approximate surface area is 116 Å². The van der Waals surface area contributed by atoms with E-state index in [9.17, 15) is 18.0 Å². The summed E-state index contributed by atoms with van der Waals surface area (Å²) < 4.78 is 42.3. The van der Waals surface area contributed by atoms with E-state index in [1.54, 1.807) is 0 Å². The van der Waals surface area contributed by atoms with E-state index in [1.165, 1.54) is 0 Å². The van der Waals surface area contributed by atoms with Crippen LogP contribution in [0.2, 0.25) is 0 Å². The molecule has 1 aliphatic heterocycles. The maximum absolute atomic E-state index is 12.3. The van der Waals surface area contributed by atoms with Gasteiger partial charge in [-0.05, 0) is 25.9 Å². The fraction of sp³-hybridized carbons (Fsp3) is 0.917. The summed E-state index contributed by atoms with van der Waals surface area (Å²) in [5, 5.41) is 11.9. The molecule has 20 heavy (non-hydrogen) atoms. The second kappa shape index (κ2) is 8.43. The summed E-state index contributed by atoms with van der Waals surface area (Å²) in [7, 11) is 0. The number of halogens is 3. The van der Waals surface area contributed by atoms with E-state index in [0.29, 0.717) is 4.90 Å². The van der Waals surface area contributed by atoms with Crippen LogP contribution in [0.3, 0.4) is 0 Å². The number of aliphatic hydroxyl groups excluding tert-OH is 1. The summed E-state index contributed by atoms with van der Waals surface area (Å²) in [6, 6.07) is 0. The molecule has 0 aliphatic carbocycles. The van der Waals surface area contributed by atoms with Crippen molar-refractivity contribution >= 4 is 5.91 Å². The van der Waals surface area contributed by atoms with Crippen molar-refractivity contribution in [2.45, 2.75) is 31.5 Å². The first-order valence-corrected chi connectivity index (χ1v) is 6.70. The summed E-state index contributed by atoms with van der Waals surface area (Å²) in [4.78, 5) is 12.3. The second-order valence-corrected chi connectivity index (χ2v) is 4.72. The fourth-order valence-corrected chi connectivity index (χ4v) is 2.06. The van der Waals surface area contributed by atoms with Crippen LogP contribution in [0.4, 0.5) is 13.2 Å². The van der Waals surface area contributed by atoms with Gasteiger partial charge in [0.05, 0.1) is 25.7 Å². The van der Waals surface area contributed by atoms with E-state index in [4.69, 9.17) is 9.84 Å². The van der Waals surface area contributed by atoms with Crippen molar-refractivity contribution in [1.29, 1.82) is 0 Å². The van der Waals surface area contributed by atoms with Crippen molar-refractivity contribution in [3.8, 4) is 0 Å². The van der Waals surface area contributed by atoms with Crippen LogP contribution in [-0.2, 0) is 9.53 Å². The van der Waals surface area contributed by atoms with Gasteiger partial charge in [0.15, 0.2) is 0 Å². The molecule has 0 aromatic rings. The zero-order valence-electron chi connectivity index (χ0n) is 11.3. The summed E-state index contributed by atoms with van der Waals surface area (Å²) in [5.74, 6) is -0.648. The highest BCUT2D eigenvalue weighted by Crippen LogP contribution is 2.17. The number of nitrogens with zero attached hydrogens (tertiary/aromatic N) is 1. The van der Waals surface area contributed by atoms with Gasteiger partial charge in [0.2, 0.25) is 5.91 Å². The van der Waals surface area contributed by atoms with Gasteiger partial charge in [0, 0.05) is 6.54 Å². The minimum absolute atomic E-state index is 0.0676. The second-order valence-electron chi connectivity index (χ2n) is 4.72. The smallest absolute Gasteiger partial charge is 0.395 e. The first-order valence-electron chi connectivity index (χ1n) is 6.70. The number of rotatable bonds is 7. The molecule has 5 nitrogen and oxygen atoms in total. The average molecular weight is 298 g/mol. The molecule has 1 saturated heterocycles. The molecule has 1 rings (SSSR count). The minimum Gasteiger partial charge on any atom is -0.395 e. The number of piperidine rings is 1. The number of carbonyl (C=O) groups excluding carboxylic acids is 1. The Bertz CT molecular complexity index is 294. The molecule has 0 spiro atoms. The SMILES string of the molecule is O=C(CCOC1CCNCC1)N(CCO)CC(F)(F)F. The predicted octanol–water partition coefficient (Wildman–Crippen LogP) is 0.528. The Kier molecular flexibility index (Phi) is 7.25. The summed E-state index contributed by atoms with van der Waals surface area (Å²) in [5.41, 5.74) is 0. The number of carbonyl (C=O) groups is 1. The Hall–Kier alpha value is -0.860. The van der Waals surface area contributed by atoms with Gasteiger partial charge in [-0.25, -0.2) is 0 Å². The van der Waals surface area contributed by atoms with Crippen molar-refractivity contribution < 1.29 is 27.8 Å². The normalized spacial score (nSPS) is 17.2. The van der Waals surface area contributed by atoms with Crippen LogP contribution in [0.15, 0.2) is 0 Å². The first kappa shape index (κ1) is 17.2. The molecule has 0 atom stereocenters. The molecule has 118 valence electrons. The Balaban J connectivity index is 2.29. The van der Waals surface area contributed by atoms with Crippen molar-refractivity contribution in [2.75, 3.05) is 39.4 Å². The van der Waals surface area contributed by atoms with E-state index in [0.717, 1.165) is 25.9 Å². The third-order valence-electron chi connectivity index (χ3n) is 3.05. The van der Waals surface area contributed by atoms with Gasteiger partial charge in [-0.2, -0.15) is 13.2 Å². The lowest BCUT2D eigenvalue weighted by Gasteiger charge is -2.25. The molecule has 0 radical (unpaired) electrons. The highest BCUT2D eigenvalue weighted by molar-refractivity contribution is 5.76. The van der Waals surface area contributed by atoms with Gasteiger partial charge in [0.25, 0.3) is 0 Å². The standard InChI is InChI=1S/C12H21F3N2O3/c13-12(14,15)9-17(6-7-18)11(19)3-8-20-10-1-4-16-5-2-10/h10,16,18H,1-9H2. The van der Waals surface area contributed by atoms with E-state index in [2.05, 4.69) is 5.32 Å². The molecular formula is C12H21F3N2O3. The van der Waals surface area contributed by atoms with Crippen LogP contribution in [0.25, 0.3) is 0 Å². The van der Waals surface area contributed by atoms with E-state index in [1.807, 2.05) is 0 Å². The minimum atomic E-state index is -4.46. The molecule has 1 heterocycles. The fourth-order valence-electron chi connectivity index (χ4n) is 2.06. The molecule has 2 N–H and O–H groups in total. The van der Waals surface area contributed by atoms with Crippen LogP contribution >= 0.6 is 0 Å². The van der Waals surface area contributed by atoms with E-state index < -0.39 is 25.2 Å². The van der Waals surface area contributed by atoms with Crippen LogP contribution in [0, 0.1) is 0 Å². The molecule has 0 saturated carbocycles. The van der Waals surface area contributed by atoms with Gasteiger partial charge in [-0.3, -0.25) is 4.79 Å². The van der Waals surface area contributed by atoms with Gasteiger partial charge >= 0.3 is 6.18 Å². The van der Waals surface area contributed by atoms with Crippen LogP contribution in [0.5, 0.6) is 0 Å². The summed E-state index contributed by atoms with van der Waals surface area (Å²) in [6.45, 7) is -0.321. The van der Waals surface area contributed by atoms with Crippen molar-refractivity contribution in [2.24, 2.45) is 0 Å². The molecule has 0 unspecified atom stereocenters. The predicted molar refractivity (Wildman–Crippen MR) is 66.2 cm³/mol. The van der Waals surface area contributed by atoms with Crippen LogP contribution in [-0.4, -0.2) is 67.6 Å². The van der Waals surface area contributed by atoms with Gasteiger partial charge in [-0.1, -0.05) is 0 Å². The number of ether oxygens (including phenoxy) is 1. The lowest BCUT2D eigenvalue weighted by Crippen LogP contribution is -2.41. The highest BCUT2D eigenvalue weighted by atomic mass is 19.4. The molecule has 1 fully saturated rings. The number of alkyl halides is 3. The quantitative estimate of drug-likeness (QED) is 0.720. The summed E-state index contributed by atoms with van der Waals surface area (Å²) in [6.07, 6.45) is -2.80. The lowest BCUT2D eigenvalue weighted by atomic mass is 10.1. The van der Waals surface area contributed by atoms with Crippen molar-refractivity contribution in [3.63, 3.8) is 0 Å². The Morgan fingerprint density at radius 1 is 1.35 bits per heavy atom. The molecule has 0 aromatic heterocycles. The average Bonchev–Trinajstić information content (AvgIpc) is 2.38. The molecule has 8 heteroatoms. The third kappa shape index (κ3) is 7.06. The number of nitrogens with one attached hydrogen (secondary N) is 1. The molecule has 0 bridgehead atoms. The Morgan fingerprint density at radius 2 is 2.00 bits per heavy atom. The van der Waals surface area contributed by atoms with Gasteiger partial charge in [0.1, 0.15) is 6.54 Å². The monoisotopic (exact) mass is 298 g/mol. The third-order valence-corrected chi connectivity index (χ3v) is 3.05. The topological polar surface area (TPSA) is 61.8 Å². The molecular weight excluding hydrogens is 277 g/mol. The lowest BCUT2D eigenvalue weighted by molar-refractivity contribution is -0.162. The Morgan fingerprint density at radius 3 is 2.55 bits per heavy atom. The number of hydrogen-bond acceptors (Lipinski definition) is 4. The van der Waals surface area contributed by atoms with E-state index in [-0.39, 0.29) is 25.7 Å². The van der Waals surface area contributed by atoms with Crippen LogP contribution < -0.4 is 5.32 Å². The zero-order chi connectivity index (χ0) is 15.0. The maximum atomic E-state index is 12.3. The van der Waals surface area contributed by atoms with Gasteiger partial charge < -0.3 is 20.1 Å². The van der Waals surface area contributed by atoms with Crippen LogP contribution in [0.1, 0.15) is 19.3 Å². The van der Waals surface area contributed by atoms with Crippen molar-refractivity contribution in [1.82, 2.24) is 10.2 Å². The number of amides is 1. The molecule has 0 aromatic carbocycles. The maximum Gasteiger partial charge on any atom is 0.406 e. The first-order chi connectivity index (χ1) is 9.42. The zero-order valence-corrected chi connectivity index (χ0v) is 11.3. The number of hydrogen-bond donors (Lipinski definition) is 2. The number of aliphatic hydroxyl groups is 1. The molecule has 1 amide bonds. The highest BCUT2D eigenvalue weighted by Gasteiger charge is 2.32. The largest absolute Gasteiger partial charge is 0.406 e. The van der Waals surface area contributed by atoms with Crippen molar-refractivity contribution in [3.05, 3.63) is 0 Å². The molecule has 1 aliphatic rings. The van der Waals surface area contributed by atoms with Gasteiger partial charge in [-0.15, -0.1) is 0 Å². The van der Waals surface area contributed by atoms with E-state index >= 15 is 0 Å². The summed E-state index contributed by atoms with van der Waals surface area (Å²) >= 11 is 0.